The van der Waals surface area contributed by atoms with Gasteiger partial charge in [-0.25, -0.2) is 0 Å². The SMILES string of the molecule is CCOCCOCc1ccc(CCOCCOCCc2ccc(C)cc2)cc1. The Bertz CT molecular complexity index is 622. The lowest BCUT2D eigenvalue weighted by atomic mass is 10.1. The lowest BCUT2D eigenvalue weighted by Gasteiger charge is -2.08. The fourth-order valence-corrected chi connectivity index (χ4v) is 2.71. The van der Waals surface area contributed by atoms with Gasteiger partial charge in [0.25, 0.3) is 0 Å². The van der Waals surface area contributed by atoms with E-state index in [1.54, 1.807) is 0 Å². The van der Waals surface area contributed by atoms with Gasteiger partial charge in [0.1, 0.15) is 0 Å². The molecule has 0 aliphatic carbocycles. The first kappa shape index (κ1) is 22.6. The summed E-state index contributed by atoms with van der Waals surface area (Å²) in [4.78, 5) is 0. The van der Waals surface area contributed by atoms with Crippen LogP contribution in [0, 0.1) is 6.92 Å². The average molecular weight is 387 g/mol. The first-order chi connectivity index (χ1) is 13.8. The highest BCUT2D eigenvalue weighted by atomic mass is 16.5. The van der Waals surface area contributed by atoms with Crippen molar-refractivity contribution in [3.63, 3.8) is 0 Å². The molecule has 2 aromatic rings. The Balaban J connectivity index is 1.46. The minimum absolute atomic E-state index is 0.629. The largest absolute Gasteiger partial charge is 0.379 e. The summed E-state index contributed by atoms with van der Waals surface area (Å²) >= 11 is 0. The fourth-order valence-electron chi connectivity index (χ4n) is 2.71. The molecule has 0 aliphatic heterocycles. The predicted molar refractivity (Wildman–Crippen MR) is 113 cm³/mol. The van der Waals surface area contributed by atoms with E-state index in [0.717, 1.165) is 26.1 Å². The lowest BCUT2D eigenvalue weighted by molar-refractivity contribution is 0.0452. The Labute approximate surface area is 169 Å². The van der Waals surface area contributed by atoms with Gasteiger partial charge in [-0.3, -0.25) is 0 Å². The Morgan fingerprint density at radius 3 is 1.57 bits per heavy atom. The number of benzene rings is 2. The van der Waals surface area contributed by atoms with Gasteiger partial charge in [-0.1, -0.05) is 54.1 Å². The summed E-state index contributed by atoms with van der Waals surface area (Å²) in [6.07, 6.45) is 1.86. The van der Waals surface area contributed by atoms with Gasteiger partial charge in [0.2, 0.25) is 0 Å². The summed E-state index contributed by atoms with van der Waals surface area (Å²) in [7, 11) is 0. The predicted octanol–water partition coefficient (Wildman–Crippen LogP) is 4.37. The molecule has 2 rings (SSSR count). The molecule has 0 unspecified atom stereocenters. The minimum Gasteiger partial charge on any atom is -0.379 e. The smallest absolute Gasteiger partial charge is 0.0718 e. The molecular formula is C24H34O4. The molecule has 0 bridgehead atoms. The first-order valence-electron chi connectivity index (χ1n) is 10.2. The van der Waals surface area contributed by atoms with E-state index in [0.29, 0.717) is 39.6 Å². The van der Waals surface area contributed by atoms with Crippen molar-refractivity contribution in [3.05, 3.63) is 70.8 Å². The van der Waals surface area contributed by atoms with Crippen LogP contribution in [0.1, 0.15) is 29.2 Å². The Hall–Kier alpha value is -1.72. The second-order valence-corrected chi connectivity index (χ2v) is 6.78. The van der Waals surface area contributed by atoms with Gasteiger partial charge in [0.05, 0.1) is 46.2 Å². The fraction of sp³-hybridized carbons (Fsp3) is 0.500. The van der Waals surface area contributed by atoms with Crippen molar-refractivity contribution in [1.29, 1.82) is 0 Å². The number of hydrogen-bond donors (Lipinski definition) is 0. The molecule has 0 spiro atoms. The maximum Gasteiger partial charge on any atom is 0.0718 e. The molecule has 28 heavy (non-hydrogen) atoms. The zero-order valence-corrected chi connectivity index (χ0v) is 17.3. The maximum atomic E-state index is 5.67. The van der Waals surface area contributed by atoms with Crippen LogP contribution in [0.3, 0.4) is 0 Å². The molecule has 0 N–H and O–H groups in total. The van der Waals surface area contributed by atoms with Gasteiger partial charge >= 0.3 is 0 Å². The maximum absolute atomic E-state index is 5.67. The third kappa shape index (κ3) is 10.00. The van der Waals surface area contributed by atoms with Crippen molar-refractivity contribution in [2.75, 3.05) is 46.2 Å². The van der Waals surface area contributed by atoms with E-state index < -0.39 is 0 Å². The van der Waals surface area contributed by atoms with Crippen LogP contribution < -0.4 is 0 Å². The van der Waals surface area contributed by atoms with Crippen LogP contribution in [0.5, 0.6) is 0 Å². The summed E-state index contributed by atoms with van der Waals surface area (Å²) in [5.74, 6) is 0. The van der Waals surface area contributed by atoms with Crippen LogP contribution in [0.2, 0.25) is 0 Å². The van der Waals surface area contributed by atoms with Crippen LogP contribution in [0.4, 0.5) is 0 Å². The Kier molecular flexibility index (Phi) is 11.5. The average Bonchev–Trinajstić information content (AvgIpc) is 2.72. The van der Waals surface area contributed by atoms with Crippen LogP contribution in [-0.4, -0.2) is 46.2 Å². The molecule has 0 amide bonds. The van der Waals surface area contributed by atoms with Crippen molar-refractivity contribution < 1.29 is 18.9 Å². The van der Waals surface area contributed by atoms with Gasteiger partial charge in [0, 0.05) is 6.61 Å². The number of aryl methyl sites for hydroxylation is 1. The minimum atomic E-state index is 0.629. The topological polar surface area (TPSA) is 36.9 Å². The third-order valence-corrected chi connectivity index (χ3v) is 4.43. The third-order valence-electron chi connectivity index (χ3n) is 4.43. The van der Waals surface area contributed by atoms with E-state index in [1.807, 2.05) is 6.92 Å². The van der Waals surface area contributed by atoms with Crippen LogP contribution in [-0.2, 0) is 38.4 Å². The summed E-state index contributed by atoms with van der Waals surface area (Å²) < 4.78 is 22.2. The molecular weight excluding hydrogens is 352 g/mol. The van der Waals surface area contributed by atoms with Crippen molar-refractivity contribution in [2.24, 2.45) is 0 Å². The van der Waals surface area contributed by atoms with E-state index in [4.69, 9.17) is 18.9 Å². The molecule has 154 valence electrons. The molecule has 0 radical (unpaired) electrons. The highest BCUT2D eigenvalue weighted by Gasteiger charge is 1.98. The number of rotatable bonds is 15. The van der Waals surface area contributed by atoms with Gasteiger partial charge in [-0.05, 0) is 43.4 Å². The highest BCUT2D eigenvalue weighted by molar-refractivity contribution is 5.22. The summed E-state index contributed by atoms with van der Waals surface area (Å²) in [6.45, 7) is 9.48. The quantitative estimate of drug-likeness (QED) is 0.426. The van der Waals surface area contributed by atoms with Crippen LogP contribution in [0.25, 0.3) is 0 Å². The van der Waals surface area contributed by atoms with Crippen molar-refractivity contribution in [3.8, 4) is 0 Å². The second kappa shape index (κ2) is 14.3. The lowest BCUT2D eigenvalue weighted by Crippen LogP contribution is -2.08. The zero-order chi connectivity index (χ0) is 19.9. The molecule has 4 heteroatoms. The first-order valence-corrected chi connectivity index (χ1v) is 10.2. The summed E-state index contributed by atoms with van der Waals surface area (Å²) in [6, 6.07) is 17.1. The normalized spacial score (nSPS) is 11.1. The molecule has 0 fully saturated rings. The molecule has 0 aromatic heterocycles. The van der Waals surface area contributed by atoms with Crippen molar-refractivity contribution in [2.45, 2.75) is 33.3 Å². The number of ether oxygens (including phenoxy) is 4. The van der Waals surface area contributed by atoms with E-state index >= 15 is 0 Å². The van der Waals surface area contributed by atoms with Crippen molar-refractivity contribution >= 4 is 0 Å². The van der Waals surface area contributed by atoms with Crippen LogP contribution >= 0.6 is 0 Å². The Morgan fingerprint density at radius 2 is 1.00 bits per heavy atom. The standard InChI is InChI=1S/C24H34O4/c1-3-25-16-19-28-20-24-10-8-23(9-11-24)13-15-27-18-17-26-14-12-22-6-4-21(2)5-7-22/h4-11H,3,12-20H2,1-2H3. The Morgan fingerprint density at radius 1 is 0.536 bits per heavy atom. The van der Waals surface area contributed by atoms with Gasteiger partial charge in [-0.2, -0.15) is 0 Å². The second-order valence-electron chi connectivity index (χ2n) is 6.78. The molecule has 0 atom stereocenters. The van der Waals surface area contributed by atoms with Gasteiger partial charge < -0.3 is 18.9 Å². The molecule has 4 nitrogen and oxygen atoms in total. The van der Waals surface area contributed by atoms with E-state index in [9.17, 15) is 0 Å². The number of hydrogen-bond acceptors (Lipinski definition) is 4. The molecule has 0 aliphatic rings. The van der Waals surface area contributed by atoms with Crippen LogP contribution in [0.15, 0.2) is 48.5 Å². The van der Waals surface area contributed by atoms with E-state index in [2.05, 4.69) is 55.5 Å². The van der Waals surface area contributed by atoms with Gasteiger partial charge in [-0.15, -0.1) is 0 Å². The summed E-state index contributed by atoms with van der Waals surface area (Å²) in [5, 5.41) is 0. The molecule has 0 saturated carbocycles. The van der Waals surface area contributed by atoms with Crippen molar-refractivity contribution in [1.82, 2.24) is 0 Å². The molecule has 2 aromatic carbocycles. The molecule has 0 saturated heterocycles. The highest BCUT2D eigenvalue weighted by Crippen LogP contribution is 2.07. The summed E-state index contributed by atoms with van der Waals surface area (Å²) in [5.41, 5.74) is 5.06. The molecule has 0 heterocycles. The van der Waals surface area contributed by atoms with Gasteiger partial charge in [0.15, 0.2) is 0 Å². The zero-order valence-electron chi connectivity index (χ0n) is 17.3. The van der Waals surface area contributed by atoms with E-state index in [-0.39, 0.29) is 0 Å². The monoisotopic (exact) mass is 386 g/mol. The van der Waals surface area contributed by atoms with E-state index in [1.165, 1.54) is 22.3 Å².